The lowest BCUT2D eigenvalue weighted by atomic mass is 9.70. The molecular weight excluding hydrogens is 308 g/mol. The molecule has 25 heavy (non-hydrogen) atoms. The van der Waals surface area contributed by atoms with Crippen LogP contribution in [-0.4, -0.2) is 24.4 Å². The second kappa shape index (κ2) is 5.43. The highest BCUT2D eigenvalue weighted by atomic mass is 16.5. The fourth-order valence-electron chi connectivity index (χ4n) is 4.76. The average Bonchev–Trinajstić information content (AvgIpc) is 3.37. The summed E-state index contributed by atoms with van der Waals surface area (Å²) in [5, 5.41) is 7.05. The summed E-state index contributed by atoms with van der Waals surface area (Å²) >= 11 is 0. The van der Waals surface area contributed by atoms with E-state index >= 15 is 0 Å². The molecule has 3 nitrogen and oxygen atoms in total. The van der Waals surface area contributed by atoms with Crippen LogP contribution in [0.25, 0.3) is 0 Å². The third kappa shape index (κ3) is 2.26. The van der Waals surface area contributed by atoms with Crippen LogP contribution in [-0.2, 0) is 16.8 Å². The second-order valence-corrected chi connectivity index (χ2v) is 7.88. The van der Waals surface area contributed by atoms with Crippen LogP contribution in [0.5, 0.6) is 0 Å². The molecule has 2 aliphatic heterocycles. The Hall–Kier alpha value is -2.13. The summed E-state index contributed by atoms with van der Waals surface area (Å²) in [4.78, 5) is 0. The lowest BCUT2D eigenvalue weighted by Gasteiger charge is -2.45. The van der Waals surface area contributed by atoms with Crippen LogP contribution in [0.15, 0.2) is 59.7 Å². The third-order valence-corrected chi connectivity index (χ3v) is 6.26. The van der Waals surface area contributed by atoms with E-state index in [1.807, 2.05) is 0 Å². The van der Waals surface area contributed by atoms with E-state index in [9.17, 15) is 0 Å². The summed E-state index contributed by atoms with van der Waals surface area (Å²) in [7, 11) is 0. The van der Waals surface area contributed by atoms with Gasteiger partial charge in [0.05, 0.1) is 18.8 Å². The number of rotatable bonds is 3. The van der Waals surface area contributed by atoms with E-state index in [1.165, 1.54) is 23.1 Å². The molecule has 3 aliphatic rings. The standard InChI is InChI=1S/C22H24N2O/c1-21-12-7-13-25-22(21,19-11-6-5-10-18(19)14-21)16-23-24-15-20(24)17-8-3-2-4-9-17/h2-6,8-11,16,20H,7,12-15H2,1H3/b23-16+/t20?,21-,22+,24?/m1/s1. The van der Waals surface area contributed by atoms with E-state index in [-0.39, 0.29) is 11.0 Å². The van der Waals surface area contributed by atoms with Gasteiger partial charge in [-0.15, -0.1) is 0 Å². The normalized spacial score (nSPS) is 33.3. The van der Waals surface area contributed by atoms with Crippen molar-refractivity contribution >= 4 is 6.21 Å². The topological polar surface area (TPSA) is 24.6 Å². The maximum Gasteiger partial charge on any atom is 0.136 e. The van der Waals surface area contributed by atoms with Crippen molar-refractivity contribution in [1.29, 1.82) is 0 Å². The quantitative estimate of drug-likeness (QED) is 0.618. The zero-order chi connectivity index (χ0) is 16.9. The van der Waals surface area contributed by atoms with Crippen LogP contribution in [0, 0.1) is 5.41 Å². The lowest BCUT2D eigenvalue weighted by Crippen LogP contribution is -2.48. The van der Waals surface area contributed by atoms with Gasteiger partial charge in [0.1, 0.15) is 5.60 Å². The Morgan fingerprint density at radius 1 is 1.12 bits per heavy atom. The van der Waals surface area contributed by atoms with Gasteiger partial charge < -0.3 is 4.74 Å². The van der Waals surface area contributed by atoms with Crippen molar-refractivity contribution < 1.29 is 4.74 Å². The summed E-state index contributed by atoms with van der Waals surface area (Å²) < 4.78 is 6.46. The molecule has 0 aromatic heterocycles. The number of hydrazone groups is 1. The van der Waals surface area contributed by atoms with Crippen LogP contribution in [0.1, 0.15) is 42.5 Å². The fraction of sp³-hybridized carbons (Fsp3) is 0.409. The summed E-state index contributed by atoms with van der Waals surface area (Å²) in [6.07, 6.45) is 5.52. The second-order valence-electron chi connectivity index (χ2n) is 7.88. The Kier molecular flexibility index (Phi) is 3.29. The Balaban J connectivity index is 1.47. The van der Waals surface area contributed by atoms with E-state index < -0.39 is 0 Å². The maximum atomic E-state index is 6.46. The van der Waals surface area contributed by atoms with Crippen LogP contribution in [0.4, 0.5) is 0 Å². The van der Waals surface area contributed by atoms with Gasteiger partial charge >= 0.3 is 0 Å². The molecule has 0 bridgehead atoms. The van der Waals surface area contributed by atoms with Crippen molar-refractivity contribution in [3.05, 3.63) is 71.3 Å². The highest BCUT2D eigenvalue weighted by Gasteiger charge is 2.57. The van der Waals surface area contributed by atoms with E-state index in [4.69, 9.17) is 9.84 Å². The predicted octanol–water partition coefficient (Wildman–Crippen LogP) is 4.30. The van der Waals surface area contributed by atoms with Crippen molar-refractivity contribution in [3.63, 3.8) is 0 Å². The minimum Gasteiger partial charge on any atom is -0.364 e. The Labute approximate surface area is 149 Å². The number of ether oxygens (including phenoxy) is 1. The number of nitrogens with zero attached hydrogens (tertiary/aromatic N) is 2. The van der Waals surface area contributed by atoms with E-state index in [1.54, 1.807) is 0 Å². The van der Waals surface area contributed by atoms with E-state index in [0.29, 0.717) is 6.04 Å². The first kappa shape index (κ1) is 15.2. The maximum absolute atomic E-state index is 6.46. The van der Waals surface area contributed by atoms with Crippen molar-refractivity contribution in [1.82, 2.24) is 5.01 Å². The number of hydrogen-bond acceptors (Lipinski definition) is 3. The molecule has 0 radical (unpaired) electrons. The van der Waals surface area contributed by atoms with Gasteiger partial charge in [0.2, 0.25) is 0 Å². The molecule has 0 amide bonds. The molecule has 3 heteroatoms. The number of hydrogen-bond donors (Lipinski definition) is 0. The molecular formula is C22H24N2O. The molecule has 2 heterocycles. The number of benzene rings is 2. The van der Waals surface area contributed by atoms with Gasteiger partial charge in [-0.05, 0) is 36.0 Å². The first-order valence-corrected chi connectivity index (χ1v) is 9.31. The van der Waals surface area contributed by atoms with Gasteiger partial charge in [0, 0.05) is 12.0 Å². The highest BCUT2D eigenvalue weighted by molar-refractivity contribution is 5.76. The first-order valence-electron chi connectivity index (χ1n) is 9.31. The molecule has 1 unspecified atom stereocenters. The Morgan fingerprint density at radius 3 is 2.80 bits per heavy atom. The van der Waals surface area contributed by atoms with Crippen molar-refractivity contribution in [3.8, 4) is 0 Å². The zero-order valence-electron chi connectivity index (χ0n) is 14.7. The summed E-state index contributed by atoms with van der Waals surface area (Å²) in [6, 6.07) is 19.8. The first-order chi connectivity index (χ1) is 12.2. The molecule has 128 valence electrons. The molecule has 0 N–H and O–H groups in total. The van der Waals surface area contributed by atoms with Gasteiger partial charge in [-0.2, -0.15) is 5.10 Å². The predicted molar refractivity (Wildman–Crippen MR) is 99.5 cm³/mol. The molecule has 0 spiro atoms. The molecule has 2 aromatic carbocycles. The van der Waals surface area contributed by atoms with Gasteiger partial charge in [-0.1, -0.05) is 61.5 Å². The molecule has 0 saturated carbocycles. The Morgan fingerprint density at radius 2 is 1.92 bits per heavy atom. The van der Waals surface area contributed by atoms with E-state index in [2.05, 4.69) is 72.7 Å². The molecule has 2 saturated heterocycles. The minimum absolute atomic E-state index is 0.108. The van der Waals surface area contributed by atoms with Gasteiger partial charge in [-0.3, -0.25) is 5.01 Å². The fourth-order valence-corrected chi connectivity index (χ4v) is 4.76. The van der Waals surface area contributed by atoms with Crippen LogP contribution >= 0.6 is 0 Å². The average molecular weight is 332 g/mol. The van der Waals surface area contributed by atoms with E-state index in [0.717, 1.165) is 26.0 Å². The van der Waals surface area contributed by atoms with Crippen molar-refractivity contribution in [2.45, 2.75) is 37.8 Å². The zero-order valence-corrected chi connectivity index (χ0v) is 14.7. The molecule has 2 aromatic rings. The van der Waals surface area contributed by atoms with Gasteiger partial charge in [-0.25, -0.2) is 0 Å². The number of fused-ring (bicyclic) bond motifs is 3. The summed E-state index contributed by atoms with van der Waals surface area (Å²) in [5.41, 5.74) is 3.82. The monoisotopic (exact) mass is 332 g/mol. The summed E-state index contributed by atoms with van der Waals surface area (Å²) in [5.74, 6) is 0. The largest absolute Gasteiger partial charge is 0.364 e. The van der Waals surface area contributed by atoms with Crippen LogP contribution in [0.3, 0.4) is 0 Å². The highest BCUT2D eigenvalue weighted by Crippen LogP contribution is 2.56. The van der Waals surface area contributed by atoms with Crippen LogP contribution in [0.2, 0.25) is 0 Å². The van der Waals surface area contributed by atoms with Crippen molar-refractivity contribution in [2.75, 3.05) is 13.2 Å². The summed E-state index contributed by atoms with van der Waals surface area (Å²) in [6.45, 7) is 4.18. The molecule has 3 atom stereocenters. The smallest absolute Gasteiger partial charge is 0.136 e. The molecule has 5 rings (SSSR count). The lowest BCUT2D eigenvalue weighted by molar-refractivity contribution is -0.110. The van der Waals surface area contributed by atoms with Gasteiger partial charge in [0.15, 0.2) is 0 Å². The van der Waals surface area contributed by atoms with Crippen molar-refractivity contribution in [2.24, 2.45) is 10.5 Å². The van der Waals surface area contributed by atoms with Crippen LogP contribution < -0.4 is 0 Å². The third-order valence-electron chi connectivity index (χ3n) is 6.26. The SMILES string of the molecule is C[C@]12CCCO[C@@]1(/C=N/N1CC1c1ccccc1)c1ccccc1C2. The molecule has 2 fully saturated rings. The Bertz CT molecular complexity index is 818. The molecule has 1 aliphatic carbocycles. The van der Waals surface area contributed by atoms with Gasteiger partial charge in [0.25, 0.3) is 0 Å². The minimum atomic E-state index is -0.369.